The van der Waals surface area contributed by atoms with E-state index < -0.39 is 66.3 Å². The minimum absolute atomic E-state index is 0.00813. The van der Waals surface area contributed by atoms with Gasteiger partial charge in [0.2, 0.25) is 5.91 Å². The third kappa shape index (κ3) is 4.84. The summed E-state index contributed by atoms with van der Waals surface area (Å²) in [5.41, 5.74) is 5.80. The van der Waals surface area contributed by atoms with Gasteiger partial charge in [0.05, 0.1) is 23.7 Å². The topological polar surface area (TPSA) is 218 Å². The first-order valence-corrected chi connectivity index (χ1v) is 8.96. The predicted molar refractivity (Wildman–Crippen MR) is 99.1 cm³/mol. The number of nitrogens with zero attached hydrogens (tertiary/aromatic N) is 1. The van der Waals surface area contributed by atoms with Crippen LogP contribution in [0.3, 0.4) is 0 Å². The van der Waals surface area contributed by atoms with E-state index in [2.05, 4.69) is 5.32 Å². The summed E-state index contributed by atoms with van der Waals surface area (Å²) in [5, 5.41) is 63.1. The molecule has 7 atom stereocenters. The van der Waals surface area contributed by atoms with Crippen LogP contribution >= 0.6 is 0 Å². The molecule has 1 aromatic carbocycles. The molecule has 1 aliphatic heterocycles. The number of nitrogens with two attached hydrogens (primary N) is 1. The number of hydrogen-bond donors (Lipinski definition) is 7. The van der Waals surface area contributed by atoms with Crippen LogP contribution in [0.25, 0.3) is 0 Å². The van der Waals surface area contributed by atoms with Gasteiger partial charge in [-0.25, -0.2) is 0 Å². The molecule has 1 aliphatic rings. The number of ether oxygens (including phenoxy) is 2. The van der Waals surface area contributed by atoms with Crippen molar-refractivity contribution in [1.29, 1.82) is 0 Å². The monoisotopic (exact) mass is 431 g/mol. The quantitative estimate of drug-likeness (QED) is 0.162. The van der Waals surface area contributed by atoms with Gasteiger partial charge in [-0.05, 0) is 12.1 Å². The van der Waals surface area contributed by atoms with Crippen molar-refractivity contribution < 1.29 is 44.7 Å². The van der Waals surface area contributed by atoms with Crippen molar-refractivity contribution in [1.82, 2.24) is 5.32 Å². The average molecular weight is 431 g/mol. The van der Waals surface area contributed by atoms with Crippen LogP contribution in [-0.2, 0) is 9.53 Å². The van der Waals surface area contributed by atoms with E-state index in [0.29, 0.717) is 0 Å². The number of non-ortho nitro benzene ring substituents is 1. The van der Waals surface area contributed by atoms with Crippen LogP contribution in [0.5, 0.6) is 5.75 Å². The van der Waals surface area contributed by atoms with Crippen LogP contribution < -0.4 is 15.8 Å². The molecule has 0 aliphatic carbocycles. The van der Waals surface area contributed by atoms with Gasteiger partial charge in [-0.15, -0.1) is 0 Å². The van der Waals surface area contributed by atoms with Crippen LogP contribution in [0, 0.1) is 10.1 Å². The molecule has 0 saturated carbocycles. The number of amides is 1. The van der Waals surface area contributed by atoms with E-state index >= 15 is 0 Å². The van der Waals surface area contributed by atoms with Crippen molar-refractivity contribution in [2.45, 2.75) is 49.2 Å². The van der Waals surface area contributed by atoms with Gasteiger partial charge in [-0.1, -0.05) is 0 Å². The van der Waals surface area contributed by atoms with Crippen LogP contribution in [0.1, 0.15) is 6.92 Å². The van der Waals surface area contributed by atoms with Crippen LogP contribution in [-0.4, -0.2) is 91.9 Å². The van der Waals surface area contributed by atoms with Crippen molar-refractivity contribution in [2.24, 2.45) is 5.73 Å². The summed E-state index contributed by atoms with van der Waals surface area (Å²) < 4.78 is 11.3. The Balaban J connectivity index is 2.40. The molecule has 2 rings (SSSR count). The molecule has 0 aromatic heterocycles. The van der Waals surface area contributed by atoms with E-state index in [-0.39, 0.29) is 11.4 Å². The van der Waals surface area contributed by atoms with E-state index in [4.69, 9.17) is 20.3 Å². The van der Waals surface area contributed by atoms with Crippen molar-refractivity contribution >= 4 is 11.6 Å². The Kier molecular flexibility index (Phi) is 7.65. The minimum atomic E-state index is -2.15. The van der Waals surface area contributed by atoms with E-state index in [1.807, 2.05) is 0 Å². The summed E-state index contributed by atoms with van der Waals surface area (Å²) in [5.74, 6) is -2.75. The molecular weight excluding hydrogens is 406 g/mol. The first-order chi connectivity index (χ1) is 14.1. The Morgan fingerprint density at radius 1 is 1.37 bits per heavy atom. The average Bonchev–Trinajstić information content (AvgIpc) is 2.72. The van der Waals surface area contributed by atoms with Crippen molar-refractivity contribution in [3.63, 3.8) is 0 Å². The highest BCUT2D eigenvalue weighted by atomic mass is 16.7. The Hall–Kier alpha value is -2.39. The normalized spacial score (nSPS) is 30.9. The minimum Gasteiger partial charge on any atom is -0.458 e. The van der Waals surface area contributed by atoms with Crippen molar-refractivity contribution in [3.05, 3.63) is 34.4 Å². The molecule has 1 fully saturated rings. The fourth-order valence-electron chi connectivity index (χ4n) is 3.17. The Morgan fingerprint density at radius 3 is 2.43 bits per heavy atom. The van der Waals surface area contributed by atoms with E-state index in [9.17, 15) is 35.3 Å². The molecule has 1 amide bonds. The second-order valence-corrected chi connectivity index (χ2v) is 6.89. The Morgan fingerprint density at radius 2 is 1.97 bits per heavy atom. The third-order valence-electron chi connectivity index (χ3n) is 4.78. The fraction of sp³-hybridized carbons (Fsp3) is 0.588. The van der Waals surface area contributed by atoms with Gasteiger partial charge in [-0.2, -0.15) is 0 Å². The second-order valence-electron chi connectivity index (χ2n) is 6.89. The number of benzene rings is 1. The Labute approximate surface area is 170 Å². The molecule has 1 saturated heterocycles. The van der Waals surface area contributed by atoms with Gasteiger partial charge in [0, 0.05) is 19.1 Å². The highest BCUT2D eigenvalue weighted by Gasteiger charge is 2.57. The van der Waals surface area contributed by atoms with Crippen molar-refractivity contribution in [2.75, 3.05) is 13.2 Å². The number of nitro benzene ring substituents is 1. The van der Waals surface area contributed by atoms with E-state index in [1.165, 1.54) is 12.1 Å². The molecule has 1 aromatic rings. The van der Waals surface area contributed by atoms with Gasteiger partial charge in [0.1, 0.15) is 36.7 Å². The first-order valence-electron chi connectivity index (χ1n) is 8.96. The van der Waals surface area contributed by atoms with Crippen LogP contribution in [0.4, 0.5) is 5.69 Å². The molecule has 0 unspecified atom stereocenters. The molecule has 30 heavy (non-hydrogen) atoms. The van der Waals surface area contributed by atoms with Gasteiger partial charge in [0.25, 0.3) is 11.5 Å². The second kappa shape index (κ2) is 9.61. The number of carbonyl (C=O) groups excluding carboxylic acids is 1. The maximum atomic E-state index is 11.5. The molecular formula is C17H25N3O10. The summed E-state index contributed by atoms with van der Waals surface area (Å²) in [6, 6.07) is 1.93. The highest BCUT2D eigenvalue weighted by Crippen LogP contribution is 2.34. The maximum Gasteiger partial charge on any atom is 0.269 e. The SMILES string of the molecule is CC(=O)N[C@@H]1[C@@H](O)[C@@H](N)[C@@](CO)(Oc2ccc([N+](=O)[O-])cc2)O[C@H]1[C@H](O)[C@H](O)CO. The lowest BCUT2D eigenvalue weighted by Crippen LogP contribution is -2.76. The fourth-order valence-corrected chi connectivity index (χ4v) is 3.17. The lowest BCUT2D eigenvalue weighted by Gasteiger charge is -2.51. The van der Waals surface area contributed by atoms with Gasteiger partial charge in [-0.3, -0.25) is 14.9 Å². The summed E-state index contributed by atoms with van der Waals surface area (Å²) >= 11 is 0. The highest BCUT2D eigenvalue weighted by molar-refractivity contribution is 5.73. The standard InChI is InChI=1S/C17H25N3O10/c1-8(23)19-12-14(26)16(18)17(7-22,30-15(12)13(25)11(24)6-21)29-10-4-2-9(3-5-10)20(27)28/h2-5,11-16,21-22,24-26H,6-7,18H2,1H3,(H,19,23)/t11-,12-,13-,14-,15-,16-,17+/m1/s1. The lowest BCUT2D eigenvalue weighted by atomic mass is 9.85. The summed E-state index contributed by atoms with van der Waals surface area (Å²) in [7, 11) is 0. The molecule has 0 spiro atoms. The Bertz CT molecular complexity index is 748. The zero-order valence-corrected chi connectivity index (χ0v) is 16.0. The van der Waals surface area contributed by atoms with Crippen molar-refractivity contribution in [3.8, 4) is 5.75 Å². The van der Waals surface area contributed by atoms with Gasteiger partial charge < -0.3 is 46.1 Å². The zero-order valence-electron chi connectivity index (χ0n) is 16.0. The molecule has 0 bridgehead atoms. The molecule has 13 nitrogen and oxygen atoms in total. The number of aliphatic hydroxyl groups is 5. The molecule has 8 N–H and O–H groups in total. The molecule has 0 radical (unpaired) electrons. The molecule has 168 valence electrons. The number of nitrogens with one attached hydrogen (secondary N) is 1. The smallest absolute Gasteiger partial charge is 0.269 e. The van der Waals surface area contributed by atoms with Crippen LogP contribution in [0.15, 0.2) is 24.3 Å². The van der Waals surface area contributed by atoms with Gasteiger partial charge in [0.15, 0.2) is 0 Å². The van der Waals surface area contributed by atoms with Gasteiger partial charge >= 0.3 is 0 Å². The van der Waals surface area contributed by atoms with E-state index in [1.54, 1.807) is 0 Å². The third-order valence-corrected chi connectivity index (χ3v) is 4.78. The number of hydrogen-bond acceptors (Lipinski definition) is 11. The number of carbonyl (C=O) groups is 1. The number of aliphatic hydroxyl groups excluding tert-OH is 5. The van der Waals surface area contributed by atoms with Crippen LogP contribution in [0.2, 0.25) is 0 Å². The maximum absolute atomic E-state index is 11.5. The van der Waals surface area contributed by atoms with E-state index in [0.717, 1.165) is 19.1 Å². The summed E-state index contributed by atoms with van der Waals surface area (Å²) in [6.45, 7) is -0.635. The lowest BCUT2D eigenvalue weighted by molar-refractivity contribution is -0.384. The summed E-state index contributed by atoms with van der Waals surface area (Å²) in [4.78, 5) is 21.7. The summed E-state index contributed by atoms with van der Waals surface area (Å²) in [6.07, 6.45) is -6.67. The number of nitro groups is 1. The molecule has 1 heterocycles. The largest absolute Gasteiger partial charge is 0.458 e. The number of rotatable bonds is 8. The predicted octanol–water partition coefficient (Wildman–Crippen LogP) is -3.03. The zero-order chi connectivity index (χ0) is 22.6. The molecule has 13 heteroatoms. The first kappa shape index (κ1) is 23.9.